The molecule has 152 valence electrons. The van der Waals surface area contributed by atoms with Crippen molar-refractivity contribution < 1.29 is 32.3 Å². The molecule has 0 aromatic carbocycles. The Bertz CT molecular complexity index is 943. The van der Waals surface area contributed by atoms with Gasteiger partial charge in [0.15, 0.2) is 6.29 Å². The number of imidazole rings is 1. The number of rotatable bonds is 5. The molecule has 28 heavy (non-hydrogen) atoms. The number of hydrogen-bond acceptors (Lipinski definition) is 4. The molecule has 2 aromatic rings. The van der Waals surface area contributed by atoms with Crippen LogP contribution < -0.4 is 5.11 Å². The maximum Gasteiger partial charge on any atom is 0.288 e. The lowest BCUT2D eigenvalue weighted by Gasteiger charge is -2.28. The average molecular weight is 420 g/mol. The van der Waals surface area contributed by atoms with Crippen LogP contribution in [0.4, 0.5) is 17.6 Å². The number of fused-ring (bicyclic) bond motifs is 1. The van der Waals surface area contributed by atoms with Crippen molar-refractivity contribution in [2.45, 2.75) is 50.9 Å². The van der Waals surface area contributed by atoms with Crippen LogP contribution in [-0.2, 0) is 12.3 Å². The summed E-state index contributed by atoms with van der Waals surface area (Å²) >= 11 is 5.97. The van der Waals surface area contributed by atoms with Gasteiger partial charge in [0.2, 0.25) is 5.92 Å². The molecule has 10 heteroatoms. The Morgan fingerprint density at radius 2 is 2.04 bits per heavy atom. The van der Waals surface area contributed by atoms with Gasteiger partial charge in [0.1, 0.15) is 17.0 Å². The number of aromatic carboxylic acids is 1. The van der Waals surface area contributed by atoms with Crippen LogP contribution in [0.15, 0.2) is 6.07 Å². The van der Waals surface area contributed by atoms with Crippen LogP contribution >= 0.6 is 11.6 Å². The Balaban J connectivity index is 2.17. The van der Waals surface area contributed by atoms with Crippen molar-refractivity contribution in [2.75, 3.05) is 0 Å². The largest absolute Gasteiger partial charge is 0.545 e. The lowest BCUT2D eigenvalue weighted by atomic mass is 9.83. The molecule has 0 unspecified atom stereocenters. The Kier molecular flexibility index (Phi) is 5.16. The molecule has 0 atom stereocenters. The van der Waals surface area contributed by atoms with Crippen LogP contribution in [-0.4, -0.2) is 27.6 Å². The maximum absolute atomic E-state index is 14.2. The van der Waals surface area contributed by atoms with Crippen molar-refractivity contribution in [2.24, 2.45) is 5.92 Å². The van der Waals surface area contributed by atoms with Crippen molar-refractivity contribution in [3.8, 4) is 0 Å². The van der Waals surface area contributed by atoms with Gasteiger partial charge in [-0.3, -0.25) is 9.20 Å². The molecule has 2 aromatic heterocycles. The first-order chi connectivity index (χ1) is 12.9. The van der Waals surface area contributed by atoms with Gasteiger partial charge in [0.05, 0.1) is 16.7 Å². The summed E-state index contributed by atoms with van der Waals surface area (Å²) in [5.41, 5.74) is -1.77. The Labute approximate surface area is 162 Å². The highest BCUT2D eigenvalue weighted by molar-refractivity contribution is 6.35. The number of hydrogen-bond donors (Lipinski definition) is 0. The van der Waals surface area contributed by atoms with Gasteiger partial charge in [-0.05, 0) is 31.2 Å². The predicted molar refractivity (Wildman–Crippen MR) is 90.1 cm³/mol. The number of halogens is 5. The monoisotopic (exact) mass is 419 g/mol. The number of aromatic nitrogens is 2. The van der Waals surface area contributed by atoms with Crippen molar-refractivity contribution in [1.29, 1.82) is 0 Å². The van der Waals surface area contributed by atoms with Crippen LogP contribution in [0.3, 0.4) is 0 Å². The first-order valence-corrected chi connectivity index (χ1v) is 8.99. The molecule has 0 N–H and O–H groups in total. The zero-order valence-electron chi connectivity index (χ0n) is 14.8. The summed E-state index contributed by atoms with van der Waals surface area (Å²) in [6.07, 6.45) is -0.186. The van der Waals surface area contributed by atoms with E-state index in [1.807, 2.05) is 0 Å². The van der Waals surface area contributed by atoms with E-state index in [4.69, 9.17) is 11.6 Å². The molecule has 0 radical (unpaired) electrons. The van der Waals surface area contributed by atoms with Gasteiger partial charge < -0.3 is 9.90 Å². The van der Waals surface area contributed by atoms with E-state index in [2.05, 4.69) is 4.98 Å². The third-order valence-corrected chi connectivity index (χ3v) is 5.44. The molecule has 0 amide bonds. The molecule has 3 rings (SSSR count). The van der Waals surface area contributed by atoms with Crippen molar-refractivity contribution in [1.82, 2.24) is 9.38 Å². The molecule has 0 aliphatic heterocycles. The zero-order valence-corrected chi connectivity index (χ0v) is 15.5. The number of carbonyl (C=O) groups excluding carboxylic acids is 2. The van der Waals surface area contributed by atoms with Gasteiger partial charge in [-0.25, -0.2) is 13.8 Å². The second-order valence-electron chi connectivity index (χ2n) is 7.16. The van der Waals surface area contributed by atoms with Crippen molar-refractivity contribution in [3.63, 3.8) is 0 Å². The normalized spacial score (nSPS) is 17.8. The molecule has 1 aliphatic carbocycles. The second kappa shape index (κ2) is 7.02. The standard InChI is InChI=1S/C18H17ClF4N2O3/c1-17(20,21)15-11(6-9-2-4-18(22,23)5-3-9)25-12(8-26)14(19)10(16(27)28)7-13(25)24-15/h7-9H,2-6H2,1H3,(H,27,28)/p-1. The van der Waals surface area contributed by atoms with E-state index >= 15 is 0 Å². The third kappa shape index (κ3) is 3.72. The first kappa shape index (κ1) is 20.6. The van der Waals surface area contributed by atoms with Crippen molar-refractivity contribution >= 4 is 29.5 Å². The lowest BCUT2D eigenvalue weighted by Crippen LogP contribution is -2.26. The number of aldehydes is 1. The minimum absolute atomic E-state index is 0.0160. The van der Waals surface area contributed by atoms with Crippen LogP contribution in [0.25, 0.3) is 5.65 Å². The summed E-state index contributed by atoms with van der Waals surface area (Å²) < 4.78 is 56.3. The number of pyridine rings is 1. The fraction of sp³-hybridized carbons (Fsp3) is 0.500. The highest BCUT2D eigenvalue weighted by Gasteiger charge is 2.38. The number of carboxylic acid groups (broad SMARTS) is 1. The smallest absolute Gasteiger partial charge is 0.288 e. The molecular formula is C18H16ClF4N2O3-. The zero-order chi connectivity index (χ0) is 20.9. The Hall–Kier alpha value is -2.16. The van der Waals surface area contributed by atoms with Gasteiger partial charge in [-0.15, -0.1) is 0 Å². The molecule has 2 heterocycles. The second-order valence-corrected chi connectivity index (χ2v) is 7.53. The SMILES string of the molecule is CC(F)(F)c1nc2cc(C(=O)[O-])c(Cl)c(C=O)n2c1CC1CCC(F)(F)CC1. The number of nitrogens with zero attached hydrogens (tertiary/aromatic N) is 2. The summed E-state index contributed by atoms with van der Waals surface area (Å²) in [5.74, 6) is -8.15. The van der Waals surface area contributed by atoms with Crippen LogP contribution in [0, 0.1) is 5.92 Å². The Morgan fingerprint density at radius 1 is 1.43 bits per heavy atom. The van der Waals surface area contributed by atoms with Crippen LogP contribution in [0.1, 0.15) is 64.8 Å². The van der Waals surface area contributed by atoms with Gasteiger partial charge in [0, 0.05) is 25.3 Å². The lowest BCUT2D eigenvalue weighted by molar-refractivity contribution is -0.255. The van der Waals surface area contributed by atoms with Crippen molar-refractivity contribution in [3.05, 3.63) is 33.7 Å². The maximum atomic E-state index is 14.2. The van der Waals surface area contributed by atoms with Gasteiger partial charge >= 0.3 is 0 Å². The summed E-state index contributed by atoms with van der Waals surface area (Å²) in [6.45, 7) is 0.620. The minimum Gasteiger partial charge on any atom is -0.545 e. The summed E-state index contributed by atoms with van der Waals surface area (Å²) in [6, 6.07) is 0.957. The van der Waals surface area contributed by atoms with Gasteiger partial charge in [-0.2, -0.15) is 8.78 Å². The molecule has 5 nitrogen and oxygen atoms in total. The van der Waals surface area contributed by atoms with E-state index in [9.17, 15) is 32.3 Å². The number of alkyl halides is 4. The molecule has 0 bridgehead atoms. The van der Waals surface area contributed by atoms with Crippen LogP contribution in [0.2, 0.25) is 5.02 Å². The predicted octanol–water partition coefficient (Wildman–Crippen LogP) is 3.64. The highest BCUT2D eigenvalue weighted by atomic mass is 35.5. The molecule has 1 fully saturated rings. The summed E-state index contributed by atoms with van der Waals surface area (Å²) in [7, 11) is 0. The van der Waals surface area contributed by atoms with Crippen LogP contribution in [0.5, 0.6) is 0 Å². The fourth-order valence-corrected chi connectivity index (χ4v) is 3.90. The fourth-order valence-electron chi connectivity index (χ4n) is 3.64. The van der Waals surface area contributed by atoms with E-state index < -0.39 is 34.1 Å². The Morgan fingerprint density at radius 3 is 2.54 bits per heavy atom. The molecular weight excluding hydrogens is 404 g/mol. The molecule has 0 spiro atoms. The first-order valence-electron chi connectivity index (χ1n) is 8.61. The summed E-state index contributed by atoms with van der Waals surface area (Å²) in [5, 5.41) is 10.8. The van der Waals surface area contributed by atoms with Gasteiger partial charge in [0.25, 0.3) is 5.92 Å². The van der Waals surface area contributed by atoms with E-state index in [0.29, 0.717) is 6.92 Å². The molecule has 1 saturated carbocycles. The number of carbonyl (C=O) groups is 2. The van der Waals surface area contributed by atoms with Gasteiger partial charge in [-0.1, -0.05) is 11.6 Å². The third-order valence-electron chi connectivity index (χ3n) is 5.04. The molecule has 0 saturated heterocycles. The van der Waals surface area contributed by atoms with E-state index in [-0.39, 0.29) is 61.3 Å². The number of carboxylic acids is 1. The molecule has 1 aliphatic rings. The topological polar surface area (TPSA) is 74.5 Å². The minimum atomic E-state index is -3.39. The van der Waals surface area contributed by atoms with E-state index in [0.717, 1.165) is 10.5 Å². The average Bonchev–Trinajstić information content (AvgIpc) is 2.94. The quantitative estimate of drug-likeness (QED) is 0.547. The highest BCUT2D eigenvalue weighted by Crippen LogP contribution is 2.40. The van der Waals surface area contributed by atoms with E-state index in [1.165, 1.54) is 0 Å². The van der Waals surface area contributed by atoms with E-state index in [1.54, 1.807) is 0 Å². The summed E-state index contributed by atoms with van der Waals surface area (Å²) in [4.78, 5) is 26.6.